The molecule has 2 heteroatoms. The molecule has 1 fully saturated rings. The molecule has 0 spiro atoms. The lowest BCUT2D eigenvalue weighted by Gasteiger charge is -2.29. The monoisotopic (exact) mass is 261 g/mol. The van der Waals surface area contributed by atoms with Gasteiger partial charge in [-0.25, -0.2) is 0 Å². The van der Waals surface area contributed by atoms with E-state index in [0.717, 1.165) is 24.5 Å². The largest absolute Gasteiger partial charge is 0.494 e. The first-order valence-corrected chi connectivity index (χ1v) is 7.70. The summed E-state index contributed by atoms with van der Waals surface area (Å²) in [5.41, 5.74) is 7.82. The van der Waals surface area contributed by atoms with Gasteiger partial charge in [0.05, 0.1) is 6.61 Å². The minimum absolute atomic E-state index is 0.130. The Labute approximate surface area is 117 Å². The summed E-state index contributed by atoms with van der Waals surface area (Å²) >= 11 is 0. The van der Waals surface area contributed by atoms with E-state index in [1.54, 1.807) is 0 Å². The zero-order valence-corrected chi connectivity index (χ0v) is 12.3. The number of hydrogen-bond acceptors (Lipinski definition) is 2. The molecule has 1 aliphatic rings. The molecule has 0 bridgehead atoms. The van der Waals surface area contributed by atoms with Gasteiger partial charge in [0, 0.05) is 5.54 Å². The zero-order chi connectivity index (χ0) is 13.7. The van der Waals surface area contributed by atoms with Crippen molar-refractivity contribution in [1.82, 2.24) is 0 Å². The molecule has 1 aliphatic carbocycles. The van der Waals surface area contributed by atoms with Gasteiger partial charge in [-0.3, -0.25) is 0 Å². The van der Waals surface area contributed by atoms with Crippen LogP contribution in [0.2, 0.25) is 0 Å². The van der Waals surface area contributed by atoms with Gasteiger partial charge in [-0.15, -0.1) is 0 Å². The molecule has 106 valence electrons. The Morgan fingerprint density at radius 3 is 2.53 bits per heavy atom. The average Bonchev–Trinajstić information content (AvgIpc) is 2.63. The summed E-state index contributed by atoms with van der Waals surface area (Å²) in [5.74, 6) is 1.81. The first kappa shape index (κ1) is 14.4. The van der Waals surface area contributed by atoms with E-state index in [-0.39, 0.29) is 5.54 Å². The third-order valence-corrected chi connectivity index (χ3v) is 4.55. The maximum atomic E-state index is 6.68. The fourth-order valence-corrected chi connectivity index (χ4v) is 3.18. The Bertz CT molecular complexity index is 387. The lowest BCUT2D eigenvalue weighted by molar-refractivity contribution is 0.338. The van der Waals surface area contributed by atoms with Crippen LogP contribution in [0.4, 0.5) is 0 Å². The highest BCUT2D eigenvalue weighted by atomic mass is 16.5. The van der Waals surface area contributed by atoms with Crippen molar-refractivity contribution in [3.05, 3.63) is 29.8 Å². The molecular formula is C17H27NO. The summed E-state index contributed by atoms with van der Waals surface area (Å²) in [7, 11) is 0. The summed E-state index contributed by atoms with van der Waals surface area (Å²) in [5, 5.41) is 0. The molecule has 0 aliphatic heterocycles. The van der Waals surface area contributed by atoms with Crippen molar-refractivity contribution >= 4 is 0 Å². The molecule has 0 radical (unpaired) electrons. The molecule has 1 aromatic carbocycles. The van der Waals surface area contributed by atoms with Crippen molar-refractivity contribution in [1.29, 1.82) is 0 Å². The highest BCUT2D eigenvalue weighted by molar-refractivity contribution is 5.32. The second kappa shape index (κ2) is 6.42. The van der Waals surface area contributed by atoms with E-state index in [2.05, 4.69) is 31.2 Å². The first-order valence-electron chi connectivity index (χ1n) is 7.70. The van der Waals surface area contributed by atoms with Crippen LogP contribution in [0.25, 0.3) is 0 Å². The fraction of sp³-hybridized carbons (Fsp3) is 0.647. The molecule has 0 aromatic heterocycles. The quantitative estimate of drug-likeness (QED) is 0.823. The lowest BCUT2D eigenvalue weighted by Crippen LogP contribution is -2.36. The van der Waals surface area contributed by atoms with Crippen molar-refractivity contribution in [3.63, 3.8) is 0 Å². The average molecular weight is 261 g/mol. The fourth-order valence-electron chi connectivity index (χ4n) is 3.18. The third-order valence-electron chi connectivity index (χ3n) is 4.55. The van der Waals surface area contributed by atoms with Crippen LogP contribution in [0, 0.1) is 5.92 Å². The molecular weight excluding hydrogens is 234 g/mol. The van der Waals surface area contributed by atoms with Crippen LogP contribution in [-0.4, -0.2) is 6.61 Å². The summed E-state index contributed by atoms with van der Waals surface area (Å²) in [6, 6.07) is 8.40. The predicted octanol–water partition coefficient (Wildman–Crippen LogP) is 4.23. The van der Waals surface area contributed by atoms with E-state index in [9.17, 15) is 0 Å². The van der Waals surface area contributed by atoms with Crippen molar-refractivity contribution in [2.45, 2.75) is 57.9 Å². The van der Waals surface area contributed by atoms with Gasteiger partial charge < -0.3 is 10.5 Å². The molecule has 2 atom stereocenters. The van der Waals surface area contributed by atoms with Crippen molar-refractivity contribution in [2.24, 2.45) is 11.7 Å². The third kappa shape index (κ3) is 3.50. The Balaban J connectivity index is 2.10. The van der Waals surface area contributed by atoms with Crippen molar-refractivity contribution in [3.8, 4) is 5.75 Å². The molecule has 2 rings (SSSR count). The van der Waals surface area contributed by atoms with E-state index in [0.29, 0.717) is 6.61 Å². The minimum Gasteiger partial charge on any atom is -0.494 e. The molecule has 1 aromatic rings. The van der Waals surface area contributed by atoms with Crippen LogP contribution in [0.15, 0.2) is 24.3 Å². The number of hydrogen-bond donors (Lipinski definition) is 1. The Kier molecular flexibility index (Phi) is 4.87. The molecule has 0 heterocycles. The van der Waals surface area contributed by atoms with Crippen LogP contribution < -0.4 is 10.5 Å². The molecule has 19 heavy (non-hydrogen) atoms. The summed E-state index contributed by atoms with van der Waals surface area (Å²) in [6.07, 6.45) is 7.37. The normalized spacial score (nSPS) is 27.8. The van der Waals surface area contributed by atoms with Gasteiger partial charge in [-0.05, 0) is 49.8 Å². The maximum Gasteiger partial charge on any atom is 0.119 e. The van der Waals surface area contributed by atoms with Crippen molar-refractivity contribution < 1.29 is 4.74 Å². The second-order valence-corrected chi connectivity index (χ2v) is 5.82. The summed E-state index contributed by atoms with van der Waals surface area (Å²) in [4.78, 5) is 0. The molecule has 2 nitrogen and oxygen atoms in total. The molecule has 1 saturated carbocycles. The molecule has 0 amide bonds. The zero-order valence-electron chi connectivity index (χ0n) is 12.3. The highest BCUT2D eigenvalue weighted by Crippen LogP contribution is 2.37. The van der Waals surface area contributed by atoms with E-state index in [1.807, 2.05) is 6.92 Å². The Hall–Kier alpha value is -1.02. The molecule has 2 N–H and O–H groups in total. The Morgan fingerprint density at radius 1 is 1.16 bits per heavy atom. The van der Waals surface area contributed by atoms with Crippen LogP contribution in [0.5, 0.6) is 5.75 Å². The lowest BCUT2D eigenvalue weighted by atomic mass is 9.83. The van der Waals surface area contributed by atoms with E-state index in [1.165, 1.54) is 31.2 Å². The van der Waals surface area contributed by atoms with Crippen LogP contribution >= 0.6 is 0 Å². The number of nitrogens with two attached hydrogens (primary N) is 1. The van der Waals surface area contributed by atoms with E-state index < -0.39 is 0 Å². The SMILES string of the molecule is CCOc1ccc(C2(N)CCCC(CC)CC2)cc1. The number of benzene rings is 1. The van der Waals surface area contributed by atoms with Crippen molar-refractivity contribution in [2.75, 3.05) is 6.61 Å². The van der Waals surface area contributed by atoms with Crippen LogP contribution in [0.3, 0.4) is 0 Å². The number of ether oxygens (including phenoxy) is 1. The van der Waals surface area contributed by atoms with Gasteiger partial charge in [-0.2, -0.15) is 0 Å². The van der Waals surface area contributed by atoms with Crippen LogP contribution in [-0.2, 0) is 5.54 Å². The van der Waals surface area contributed by atoms with Gasteiger partial charge in [0.25, 0.3) is 0 Å². The highest BCUT2D eigenvalue weighted by Gasteiger charge is 2.30. The minimum atomic E-state index is -0.130. The first-order chi connectivity index (χ1) is 9.18. The van der Waals surface area contributed by atoms with Gasteiger partial charge >= 0.3 is 0 Å². The predicted molar refractivity (Wildman–Crippen MR) is 80.3 cm³/mol. The van der Waals surface area contributed by atoms with E-state index >= 15 is 0 Å². The smallest absolute Gasteiger partial charge is 0.119 e. The molecule has 0 saturated heterocycles. The maximum absolute atomic E-state index is 6.68. The summed E-state index contributed by atoms with van der Waals surface area (Å²) < 4.78 is 5.50. The molecule has 2 unspecified atom stereocenters. The van der Waals surface area contributed by atoms with Gasteiger partial charge in [0.2, 0.25) is 0 Å². The Morgan fingerprint density at radius 2 is 1.89 bits per heavy atom. The topological polar surface area (TPSA) is 35.2 Å². The second-order valence-electron chi connectivity index (χ2n) is 5.82. The standard InChI is InChI=1S/C17H27NO/c1-3-14-6-5-12-17(18,13-11-14)15-7-9-16(10-8-15)19-4-2/h7-10,14H,3-6,11-13,18H2,1-2H3. The number of rotatable bonds is 4. The van der Waals surface area contributed by atoms with Crippen LogP contribution in [0.1, 0.15) is 57.9 Å². The van der Waals surface area contributed by atoms with Gasteiger partial charge in [-0.1, -0.05) is 38.3 Å². The van der Waals surface area contributed by atoms with Gasteiger partial charge in [0.15, 0.2) is 0 Å². The van der Waals surface area contributed by atoms with Gasteiger partial charge in [0.1, 0.15) is 5.75 Å². The van der Waals surface area contributed by atoms with E-state index in [4.69, 9.17) is 10.5 Å². The summed E-state index contributed by atoms with van der Waals surface area (Å²) in [6.45, 7) is 5.02.